The summed E-state index contributed by atoms with van der Waals surface area (Å²) in [6, 6.07) is 17.9. The summed E-state index contributed by atoms with van der Waals surface area (Å²) in [5, 5.41) is 0. The maximum Gasteiger partial charge on any atom is 0.573 e. The van der Waals surface area contributed by atoms with E-state index in [1.54, 1.807) is 12.1 Å². The molecule has 0 unspecified atom stereocenters. The van der Waals surface area contributed by atoms with Gasteiger partial charge in [0.15, 0.2) is 0 Å². The number of rotatable bonds is 6. The minimum Gasteiger partial charge on any atom is -0.405 e. The zero-order chi connectivity index (χ0) is 30.3. The van der Waals surface area contributed by atoms with Crippen LogP contribution in [0.15, 0.2) is 60.7 Å². The predicted molar refractivity (Wildman–Crippen MR) is 196 cm³/mol. The summed E-state index contributed by atoms with van der Waals surface area (Å²) < 4.78 is 88.7. The van der Waals surface area contributed by atoms with E-state index in [1.165, 1.54) is 12.1 Å². The summed E-state index contributed by atoms with van der Waals surface area (Å²) in [6.07, 6.45) is -8.87. The number of alkyl halides is 6. The molecule has 0 saturated heterocycles. The molecule has 0 aliphatic heterocycles. The highest BCUT2D eigenvalue weighted by Gasteiger charge is 2.33. The van der Waals surface area contributed by atoms with Crippen LogP contribution in [0.25, 0.3) is 22.3 Å². The molecule has 14 heteroatoms. The molecule has 0 heterocycles. The molecule has 2 nitrogen and oxygen atoms in total. The lowest BCUT2D eigenvalue weighted by atomic mass is 9.98. The van der Waals surface area contributed by atoms with Gasteiger partial charge in [0.2, 0.25) is 0 Å². The largest absolute Gasteiger partial charge is 0.573 e. The first-order chi connectivity index (χ1) is 19.0. The van der Waals surface area contributed by atoms with Crippen molar-refractivity contribution < 1.29 is 35.8 Å². The van der Waals surface area contributed by atoms with Crippen LogP contribution < -0.4 is 9.47 Å². The highest BCUT2D eigenvalue weighted by molar-refractivity contribution is 14.1. The first-order valence-electron chi connectivity index (χ1n) is 11.1. The summed E-state index contributed by atoms with van der Waals surface area (Å²) in [5.74, 6) is -0.461. The lowest BCUT2D eigenvalue weighted by Crippen LogP contribution is -2.18. The fourth-order valence-corrected chi connectivity index (χ4v) is 8.27. The molecule has 0 fully saturated rings. The molecule has 0 atom stereocenters. The van der Waals surface area contributed by atoms with Gasteiger partial charge in [0, 0.05) is 14.3 Å². The third-order valence-electron chi connectivity index (χ3n) is 5.60. The van der Waals surface area contributed by atoms with Crippen molar-refractivity contribution in [3.63, 3.8) is 0 Å². The van der Waals surface area contributed by atoms with Gasteiger partial charge in [-0.2, -0.15) is 0 Å². The van der Waals surface area contributed by atoms with E-state index in [1.807, 2.05) is 127 Å². The molecule has 0 aromatic heterocycles. The molecule has 0 N–H and O–H groups in total. The second-order valence-corrected chi connectivity index (χ2v) is 15.0. The molecule has 0 saturated carbocycles. The smallest absolute Gasteiger partial charge is 0.405 e. The van der Waals surface area contributed by atoms with Gasteiger partial charge in [-0.1, -0.05) is 24.3 Å². The van der Waals surface area contributed by atoms with Crippen LogP contribution in [0, 0.1) is 21.4 Å². The first kappa shape index (κ1) is 34.3. The van der Waals surface area contributed by atoms with E-state index in [4.69, 9.17) is 0 Å². The number of ether oxygens (including phenoxy) is 2. The Morgan fingerprint density at radius 3 is 1.12 bits per heavy atom. The highest BCUT2D eigenvalue weighted by Crippen LogP contribution is 2.40. The molecule has 4 rings (SSSR count). The number of halogens is 12. The van der Waals surface area contributed by atoms with E-state index in [-0.39, 0.29) is 11.5 Å². The molecule has 0 spiro atoms. The van der Waals surface area contributed by atoms with Crippen LogP contribution in [0.5, 0.6) is 11.5 Å². The van der Waals surface area contributed by atoms with Crippen molar-refractivity contribution in [3.05, 3.63) is 93.2 Å². The van der Waals surface area contributed by atoms with E-state index >= 15 is 0 Å². The maximum atomic E-state index is 12.7. The van der Waals surface area contributed by atoms with Crippen molar-refractivity contribution in [2.45, 2.75) is 19.1 Å². The minimum absolute atomic E-state index is 0.231. The molecule has 4 aromatic rings. The van der Waals surface area contributed by atoms with Gasteiger partial charge < -0.3 is 9.47 Å². The number of benzene rings is 4. The normalized spacial score (nSPS) is 12.0. The molecule has 0 aliphatic rings. The van der Waals surface area contributed by atoms with Crippen molar-refractivity contribution in [1.82, 2.24) is 0 Å². The average Bonchev–Trinajstić information content (AvgIpc) is 2.85. The Bertz CT molecular complexity index is 1500. The van der Waals surface area contributed by atoms with Gasteiger partial charge in [-0.3, -0.25) is 0 Å². The zero-order valence-electron chi connectivity index (χ0n) is 19.8. The molecule has 4 aromatic carbocycles. The average molecular weight is 1240 g/mol. The van der Waals surface area contributed by atoms with Crippen LogP contribution in [0.3, 0.4) is 0 Å². The Morgan fingerprint density at radius 1 is 0.463 bits per heavy atom. The van der Waals surface area contributed by atoms with E-state index < -0.39 is 12.7 Å². The summed E-state index contributed by atoms with van der Waals surface area (Å²) in [7, 11) is 0. The first-order valence-corrected chi connectivity index (χ1v) is 17.6. The van der Waals surface area contributed by atoms with Crippen LogP contribution in [0.1, 0.15) is 11.1 Å². The molecule has 216 valence electrons. The third kappa shape index (κ3) is 8.79. The predicted octanol–water partition coefficient (Wildman–Crippen LogP) is 12.0. The zero-order valence-corrected chi connectivity index (χ0v) is 32.8. The second kappa shape index (κ2) is 13.8. The summed E-state index contributed by atoms with van der Waals surface area (Å²) in [5.41, 5.74) is 5.55. The van der Waals surface area contributed by atoms with Gasteiger partial charge in [-0.15, -0.1) is 26.3 Å². The van der Waals surface area contributed by atoms with Crippen LogP contribution in [-0.2, 0) is 6.42 Å². The van der Waals surface area contributed by atoms with Crippen molar-refractivity contribution >= 4 is 136 Å². The third-order valence-corrected chi connectivity index (χ3v) is 13.8. The van der Waals surface area contributed by atoms with E-state index in [0.29, 0.717) is 20.7 Å². The van der Waals surface area contributed by atoms with E-state index in [9.17, 15) is 26.3 Å². The molecule has 41 heavy (non-hydrogen) atoms. The Kier molecular flexibility index (Phi) is 11.6. The summed E-state index contributed by atoms with van der Waals surface area (Å²) in [4.78, 5) is 0. The Hall–Kier alpha value is 0.440. The van der Waals surface area contributed by atoms with Crippen molar-refractivity contribution in [2.75, 3.05) is 0 Å². The Morgan fingerprint density at radius 2 is 0.805 bits per heavy atom. The lowest BCUT2D eigenvalue weighted by molar-refractivity contribution is -0.276. The molecule has 0 radical (unpaired) electrons. The standard InChI is InChI=1S/C27H12F6I6O2/c28-26(29,30)40-20-7-5-16(22(36)24(20)38)14-3-1-12(10-18(14)34)9-13-2-4-15(19(35)11-13)17-6-8-21(25(39)23(17)37)41-27(31,32)33/h1-8,10-11H,9H2. The van der Waals surface area contributed by atoms with Gasteiger partial charge in [0.05, 0.1) is 7.14 Å². The van der Waals surface area contributed by atoms with Crippen LogP contribution in [-0.4, -0.2) is 12.7 Å². The number of hydrogen-bond acceptors (Lipinski definition) is 2. The van der Waals surface area contributed by atoms with Crippen molar-refractivity contribution in [2.24, 2.45) is 0 Å². The fraction of sp³-hybridized carbons (Fsp3) is 0.111. The van der Waals surface area contributed by atoms with Gasteiger partial charge in [0.25, 0.3) is 0 Å². The van der Waals surface area contributed by atoms with Crippen molar-refractivity contribution in [1.29, 1.82) is 0 Å². The Balaban J connectivity index is 1.57. The molecular weight excluding hydrogens is 1230 g/mol. The summed E-state index contributed by atoms with van der Waals surface area (Å²) >= 11 is 12.3. The van der Waals surface area contributed by atoms with E-state index in [2.05, 4.69) is 54.7 Å². The van der Waals surface area contributed by atoms with Crippen LogP contribution in [0.4, 0.5) is 26.3 Å². The van der Waals surface area contributed by atoms with Crippen LogP contribution >= 0.6 is 136 Å². The Labute approximate surface area is 312 Å². The fourth-order valence-electron chi connectivity index (χ4n) is 3.90. The van der Waals surface area contributed by atoms with Gasteiger partial charge in [-0.05, 0) is 212 Å². The highest BCUT2D eigenvalue weighted by atomic mass is 127. The lowest BCUT2D eigenvalue weighted by Gasteiger charge is -2.16. The topological polar surface area (TPSA) is 18.5 Å². The maximum absolute atomic E-state index is 12.7. The molecular formula is C27H12F6I6O2. The summed E-state index contributed by atoms with van der Waals surface area (Å²) in [6.45, 7) is 0. The monoisotopic (exact) mass is 1240 g/mol. The number of hydrogen-bond donors (Lipinski definition) is 0. The van der Waals surface area contributed by atoms with Gasteiger partial charge >= 0.3 is 12.7 Å². The van der Waals surface area contributed by atoms with Crippen molar-refractivity contribution in [3.8, 4) is 33.8 Å². The molecule has 0 bridgehead atoms. The van der Waals surface area contributed by atoms with Gasteiger partial charge in [0.1, 0.15) is 11.5 Å². The molecule has 0 aliphatic carbocycles. The quantitative estimate of drug-likeness (QED) is 0.141. The molecule has 0 amide bonds. The van der Waals surface area contributed by atoms with Gasteiger partial charge in [-0.25, -0.2) is 0 Å². The van der Waals surface area contributed by atoms with E-state index in [0.717, 1.165) is 40.5 Å². The van der Waals surface area contributed by atoms with Crippen LogP contribution in [0.2, 0.25) is 0 Å². The second-order valence-electron chi connectivity index (χ2n) is 8.38. The minimum atomic E-state index is -4.76. The SMILES string of the molecule is FC(F)(F)Oc1ccc(-c2ccc(Cc3ccc(-c4ccc(OC(F)(F)F)c(I)c4I)c(I)c3)cc2I)c(I)c1I.